The maximum atomic E-state index is 4.29. The molecule has 0 N–H and O–H groups in total. The number of dihydropyridines is 1. The average Bonchev–Trinajstić information content (AvgIpc) is 2.71. The van der Waals surface area contributed by atoms with E-state index in [-0.39, 0.29) is 0 Å². The number of nitrogens with zero attached hydrogens (tertiary/aromatic N) is 4. The summed E-state index contributed by atoms with van der Waals surface area (Å²) in [5, 5.41) is 7.70. The minimum atomic E-state index is 0.737. The number of aliphatic imine (C=N–C) groups is 2. The Morgan fingerprint density at radius 1 is 1.33 bits per heavy atom. The summed E-state index contributed by atoms with van der Waals surface area (Å²) in [5.41, 5.74) is 3.33. The van der Waals surface area contributed by atoms with Crippen LogP contribution in [0.2, 0.25) is 0 Å². The minimum absolute atomic E-state index is 0.737. The first kappa shape index (κ1) is 5.99. The van der Waals surface area contributed by atoms with E-state index >= 15 is 0 Å². The number of amidine groups is 1. The molecule has 0 unspecified atom stereocenters. The molecule has 0 spiro atoms. The lowest BCUT2D eigenvalue weighted by atomic mass is 10.0. The van der Waals surface area contributed by atoms with Gasteiger partial charge in [-0.2, -0.15) is 5.11 Å². The third-order valence-electron chi connectivity index (χ3n) is 2.15. The number of hydrogen-bond acceptors (Lipinski definition) is 4. The molecule has 0 bridgehead atoms. The van der Waals surface area contributed by atoms with Gasteiger partial charge in [0.15, 0.2) is 5.84 Å². The molecular weight excluding hydrogens is 152 g/mol. The molecule has 0 aliphatic carbocycles. The molecule has 12 heavy (non-hydrogen) atoms. The summed E-state index contributed by atoms with van der Waals surface area (Å²) in [5.74, 6) is 0.743. The van der Waals surface area contributed by atoms with Crippen molar-refractivity contribution in [3.8, 4) is 0 Å². The second-order valence-corrected chi connectivity index (χ2v) is 2.87. The van der Waals surface area contributed by atoms with Crippen molar-refractivity contribution < 1.29 is 0 Å². The number of rotatable bonds is 0. The predicted molar refractivity (Wildman–Crippen MR) is 45.4 cm³/mol. The second-order valence-electron chi connectivity index (χ2n) is 2.87. The molecule has 3 aliphatic heterocycles. The number of azo groups is 1. The van der Waals surface area contributed by atoms with Crippen LogP contribution in [0.3, 0.4) is 0 Å². The Morgan fingerprint density at radius 2 is 2.33 bits per heavy atom. The summed E-state index contributed by atoms with van der Waals surface area (Å²) in [6.07, 6.45) is 4.59. The maximum absolute atomic E-state index is 4.29. The van der Waals surface area contributed by atoms with Crippen LogP contribution in [0.15, 0.2) is 43.3 Å². The van der Waals surface area contributed by atoms with Gasteiger partial charge in [-0.25, -0.2) is 0 Å². The summed E-state index contributed by atoms with van der Waals surface area (Å²) >= 11 is 0. The molecule has 3 aliphatic rings. The maximum Gasteiger partial charge on any atom is 0.181 e. The molecule has 0 atom stereocenters. The van der Waals surface area contributed by atoms with E-state index in [1.165, 1.54) is 5.57 Å². The van der Waals surface area contributed by atoms with E-state index < -0.39 is 0 Å². The molecule has 58 valence electrons. The highest BCUT2D eigenvalue weighted by molar-refractivity contribution is 6.05. The first-order valence-electron chi connectivity index (χ1n) is 3.86. The van der Waals surface area contributed by atoms with Gasteiger partial charge in [0.05, 0.1) is 24.0 Å². The van der Waals surface area contributed by atoms with Crippen LogP contribution in [0.5, 0.6) is 0 Å². The van der Waals surface area contributed by atoms with Crippen molar-refractivity contribution >= 4 is 12.1 Å². The van der Waals surface area contributed by atoms with Crippen LogP contribution in [-0.4, -0.2) is 18.6 Å². The Hall–Kier alpha value is -1.58. The van der Waals surface area contributed by atoms with Crippen LogP contribution in [0.4, 0.5) is 0 Å². The van der Waals surface area contributed by atoms with Crippen molar-refractivity contribution in [3.63, 3.8) is 0 Å². The van der Waals surface area contributed by atoms with Crippen LogP contribution < -0.4 is 0 Å². The SMILES string of the molecule is C1=NC2=C(C1)CN=C1N=NC=C12. The van der Waals surface area contributed by atoms with Gasteiger partial charge in [0.1, 0.15) is 0 Å². The molecular formula is C8H6N4. The first-order chi connectivity index (χ1) is 5.95. The standard InChI is InChI=1S/C8H6N4/c1-2-9-7-5(1)3-10-8-6(7)4-11-12-8/h2,4H,1,3H2. The van der Waals surface area contributed by atoms with Crippen LogP contribution in [0.25, 0.3) is 0 Å². The van der Waals surface area contributed by atoms with Gasteiger partial charge < -0.3 is 0 Å². The topological polar surface area (TPSA) is 49.4 Å². The molecule has 0 saturated heterocycles. The zero-order valence-corrected chi connectivity index (χ0v) is 6.36. The highest BCUT2D eigenvalue weighted by atomic mass is 15.2. The fourth-order valence-corrected chi connectivity index (χ4v) is 1.54. The van der Waals surface area contributed by atoms with Crippen molar-refractivity contribution in [2.24, 2.45) is 20.2 Å². The van der Waals surface area contributed by atoms with Gasteiger partial charge in [-0.05, 0) is 5.57 Å². The zero-order valence-electron chi connectivity index (χ0n) is 6.36. The smallest absolute Gasteiger partial charge is 0.181 e. The third-order valence-corrected chi connectivity index (χ3v) is 2.15. The Balaban J connectivity index is 2.16. The van der Waals surface area contributed by atoms with Gasteiger partial charge in [0.25, 0.3) is 0 Å². The third kappa shape index (κ3) is 0.617. The summed E-state index contributed by atoms with van der Waals surface area (Å²) in [7, 11) is 0. The van der Waals surface area contributed by atoms with E-state index in [1.54, 1.807) is 6.20 Å². The van der Waals surface area contributed by atoms with E-state index in [0.717, 1.165) is 30.1 Å². The molecule has 0 aromatic heterocycles. The van der Waals surface area contributed by atoms with Gasteiger partial charge in [-0.15, -0.1) is 5.11 Å². The van der Waals surface area contributed by atoms with Crippen molar-refractivity contribution in [2.45, 2.75) is 6.42 Å². The van der Waals surface area contributed by atoms with Gasteiger partial charge in [0.2, 0.25) is 0 Å². The highest BCUT2D eigenvalue weighted by Gasteiger charge is 2.25. The van der Waals surface area contributed by atoms with Crippen molar-refractivity contribution in [1.29, 1.82) is 0 Å². The van der Waals surface area contributed by atoms with Gasteiger partial charge in [0, 0.05) is 12.6 Å². The Labute approximate surface area is 69.1 Å². The first-order valence-corrected chi connectivity index (χ1v) is 3.86. The molecule has 3 heterocycles. The Kier molecular flexibility index (Phi) is 0.983. The van der Waals surface area contributed by atoms with Gasteiger partial charge in [-0.3, -0.25) is 9.98 Å². The van der Waals surface area contributed by atoms with Crippen molar-refractivity contribution in [3.05, 3.63) is 23.0 Å². The molecule has 0 radical (unpaired) electrons. The fraction of sp³-hybridized carbons (Fsp3) is 0.250. The van der Waals surface area contributed by atoms with Crippen LogP contribution in [0, 0.1) is 0 Å². The normalized spacial score (nSPS) is 24.0. The molecule has 0 saturated carbocycles. The Bertz CT molecular complexity index is 395. The highest BCUT2D eigenvalue weighted by Crippen LogP contribution is 2.30. The molecule has 4 heteroatoms. The molecule has 0 aromatic carbocycles. The molecule has 4 nitrogen and oxygen atoms in total. The monoisotopic (exact) mass is 158 g/mol. The van der Waals surface area contributed by atoms with E-state index in [1.807, 2.05) is 6.21 Å². The average molecular weight is 158 g/mol. The zero-order chi connectivity index (χ0) is 7.97. The van der Waals surface area contributed by atoms with E-state index in [0.29, 0.717) is 0 Å². The number of hydrogen-bond donors (Lipinski definition) is 0. The lowest BCUT2D eigenvalue weighted by molar-refractivity contribution is 1.05. The molecule has 0 fully saturated rings. The summed E-state index contributed by atoms with van der Waals surface area (Å²) in [6, 6.07) is 0. The van der Waals surface area contributed by atoms with Crippen LogP contribution in [-0.2, 0) is 0 Å². The van der Waals surface area contributed by atoms with E-state index in [4.69, 9.17) is 0 Å². The largest absolute Gasteiger partial charge is 0.260 e. The summed E-state index contributed by atoms with van der Waals surface area (Å²) < 4.78 is 0. The van der Waals surface area contributed by atoms with Crippen molar-refractivity contribution in [2.75, 3.05) is 6.54 Å². The fourth-order valence-electron chi connectivity index (χ4n) is 1.54. The number of fused-ring (bicyclic) bond motifs is 2. The van der Waals surface area contributed by atoms with Gasteiger partial charge in [-0.1, -0.05) is 0 Å². The second kappa shape index (κ2) is 1.97. The minimum Gasteiger partial charge on any atom is -0.260 e. The van der Waals surface area contributed by atoms with Crippen molar-refractivity contribution in [1.82, 2.24) is 0 Å². The van der Waals surface area contributed by atoms with Crippen LogP contribution in [0.1, 0.15) is 6.42 Å². The molecule has 3 rings (SSSR count). The molecule has 0 amide bonds. The van der Waals surface area contributed by atoms with Gasteiger partial charge >= 0.3 is 0 Å². The summed E-state index contributed by atoms with van der Waals surface area (Å²) in [4.78, 5) is 8.57. The van der Waals surface area contributed by atoms with E-state index in [9.17, 15) is 0 Å². The lowest BCUT2D eigenvalue weighted by Crippen LogP contribution is -2.07. The lowest BCUT2D eigenvalue weighted by Gasteiger charge is -2.09. The molecule has 0 aromatic rings. The van der Waals surface area contributed by atoms with Crippen LogP contribution >= 0.6 is 0 Å². The quantitative estimate of drug-likeness (QED) is 0.512. The predicted octanol–water partition coefficient (Wildman–Crippen LogP) is 1.48. The summed E-state index contributed by atoms with van der Waals surface area (Å²) in [6.45, 7) is 0.737. The van der Waals surface area contributed by atoms with E-state index in [2.05, 4.69) is 20.2 Å². The Morgan fingerprint density at radius 3 is 3.33 bits per heavy atom.